The number of aromatic nitrogens is 1. The fourth-order valence-electron chi connectivity index (χ4n) is 3.16. The highest BCUT2D eigenvalue weighted by Crippen LogP contribution is 2.36. The summed E-state index contributed by atoms with van der Waals surface area (Å²) in [7, 11) is 0. The van der Waals surface area contributed by atoms with Gasteiger partial charge < -0.3 is 10.3 Å². The number of carbonyl (C=O) groups is 1. The van der Waals surface area contributed by atoms with E-state index in [-0.39, 0.29) is 5.91 Å². The highest BCUT2D eigenvalue weighted by Gasteiger charge is 2.18. The molecule has 4 heteroatoms. The lowest BCUT2D eigenvalue weighted by Crippen LogP contribution is -2.26. The van der Waals surface area contributed by atoms with E-state index in [0.717, 1.165) is 27.1 Å². The summed E-state index contributed by atoms with van der Waals surface area (Å²) in [4.78, 5) is 18.3. The number of hydrogen-bond donors (Lipinski definition) is 2. The molecule has 1 aromatic heterocycles. The molecule has 1 heterocycles. The fourth-order valence-corrected chi connectivity index (χ4v) is 4.20. The summed E-state index contributed by atoms with van der Waals surface area (Å²) in [5.74, 6) is -0.0678. The van der Waals surface area contributed by atoms with Crippen molar-refractivity contribution in [2.45, 2.75) is 23.1 Å². The minimum Gasteiger partial charge on any atom is -0.350 e. The molecule has 0 atom stereocenters. The summed E-state index contributed by atoms with van der Waals surface area (Å²) in [5.41, 5.74) is 4.04. The first-order chi connectivity index (χ1) is 13.7. The number of aromatic amines is 1. The predicted molar refractivity (Wildman–Crippen MR) is 116 cm³/mol. The van der Waals surface area contributed by atoms with Gasteiger partial charge in [-0.1, -0.05) is 78.0 Å². The van der Waals surface area contributed by atoms with E-state index in [0.29, 0.717) is 12.2 Å². The molecule has 3 nitrogen and oxygen atoms in total. The predicted octanol–water partition coefficient (Wildman–Crippen LogP) is 5.60. The number of para-hydroxylation sites is 1. The van der Waals surface area contributed by atoms with E-state index in [2.05, 4.69) is 59.7 Å². The maximum atomic E-state index is 12.9. The molecule has 0 aliphatic carbocycles. The number of carbonyl (C=O) groups excluding carboxylic acids is 1. The summed E-state index contributed by atoms with van der Waals surface area (Å²) < 4.78 is 0. The molecule has 28 heavy (non-hydrogen) atoms. The molecular weight excluding hydrogens is 364 g/mol. The van der Waals surface area contributed by atoms with Crippen molar-refractivity contribution < 1.29 is 4.79 Å². The maximum Gasteiger partial charge on any atom is 0.268 e. The van der Waals surface area contributed by atoms with Crippen LogP contribution in [0.4, 0.5) is 0 Å². The number of aryl methyl sites for hydroxylation is 1. The Hall–Kier alpha value is -2.98. The second-order valence-electron chi connectivity index (χ2n) is 6.78. The number of benzene rings is 3. The Morgan fingerprint density at radius 1 is 0.929 bits per heavy atom. The summed E-state index contributed by atoms with van der Waals surface area (Å²) in [6.07, 6.45) is 0.813. The lowest BCUT2D eigenvalue weighted by molar-refractivity contribution is 0.0947. The van der Waals surface area contributed by atoms with Crippen LogP contribution in [0.15, 0.2) is 88.7 Å². The third-order valence-corrected chi connectivity index (χ3v) is 5.80. The first-order valence-electron chi connectivity index (χ1n) is 9.38. The van der Waals surface area contributed by atoms with Crippen LogP contribution in [0.2, 0.25) is 0 Å². The topological polar surface area (TPSA) is 44.9 Å². The van der Waals surface area contributed by atoms with E-state index in [4.69, 9.17) is 0 Å². The highest BCUT2D eigenvalue weighted by atomic mass is 32.2. The maximum absolute atomic E-state index is 12.9. The number of rotatable bonds is 6. The molecule has 0 radical (unpaired) electrons. The van der Waals surface area contributed by atoms with Crippen molar-refractivity contribution in [3.05, 3.63) is 95.7 Å². The van der Waals surface area contributed by atoms with Gasteiger partial charge in [0, 0.05) is 22.3 Å². The second kappa shape index (κ2) is 8.36. The van der Waals surface area contributed by atoms with Crippen LogP contribution in [0.3, 0.4) is 0 Å². The first kappa shape index (κ1) is 18.4. The number of fused-ring (bicyclic) bond motifs is 1. The molecule has 0 spiro atoms. The molecule has 0 bridgehead atoms. The summed E-state index contributed by atoms with van der Waals surface area (Å²) >= 11 is 1.63. The SMILES string of the molecule is Cc1ccc(Sc2c(C(=O)NCCc3ccccc3)[nH]c3ccccc23)cc1. The van der Waals surface area contributed by atoms with Crippen molar-refractivity contribution in [1.29, 1.82) is 0 Å². The largest absolute Gasteiger partial charge is 0.350 e. The van der Waals surface area contributed by atoms with Gasteiger partial charge in [-0.2, -0.15) is 0 Å². The zero-order valence-corrected chi connectivity index (χ0v) is 16.6. The Labute approximate surface area is 169 Å². The molecule has 4 aromatic rings. The van der Waals surface area contributed by atoms with Gasteiger partial charge in [-0.3, -0.25) is 4.79 Å². The van der Waals surface area contributed by atoms with Gasteiger partial charge >= 0.3 is 0 Å². The third kappa shape index (κ3) is 4.12. The van der Waals surface area contributed by atoms with Crippen molar-refractivity contribution in [2.75, 3.05) is 6.54 Å². The van der Waals surface area contributed by atoms with Crippen LogP contribution in [0.25, 0.3) is 10.9 Å². The Bertz CT molecular complexity index is 1080. The molecule has 0 saturated carbocycles. The zero-order chi connectivity index (χ0) is 19.3. The Kier molecular flexibility index (Phi) is 5.49. The lowest BCUT2D eigenvalue weighted by atomic mass is 10.1. The van der Waals surface area contributed by atoms with Gasteiger partial charge in [0.25, 0.3) is 5.91 Å². The summed E-state index contributed by atoms with van der Waals surface area (Å²) in [6.45, 7) is 2.68. The average Bonchev–Trinajstić information content (AvgIpc) is 3.09. The number of H-pyrrole nitrogens is 1. The summed E-state index contributed by atoms with van der Waals surface area (Å²) in [6, 6.07) is 26.6. The van der Waals surface area contributed by atoms with Gasteiger partial charge in [-0.15, -0.1) is 0 Å². The standard InChI is InChI=1S/C24H22N2OS/c1-17-11-13-19(14-12-17)28-23-20-9-5-6-10-21(20)26-22(23)24(27)25-16-15-18-7-3-2-4-8-18/h2-14,26H,15-16H2,1H3,(H,25,27). The average molecular weight is 387 g/mol. The molecule has 0 aliphatic heterocycles. The smallest absolute Gasteiger partial charge is 0.268 e. The monoisotopic (exact) mass is 386 g/mol. The Balaban J connectivity index is 1.56. The molecule has 0 fully saturated rings. The Morgan fingerprint density at radius 2 is 1.64 bits per heavy atom. The van der Waals surface area contributed by atoms with E-state index >= 15 is 0 Å². The Morgan fingerprint density at radius 3 is 2.43 bits per heavy atom. The van der Waals surface area contributed by atoms with Gasteiger partial charge in [0.15, 0.2) is 0 Å². The number of hydrogen-bond acceptors (Lipinski definition) is 2. The molecular formula is C24H22N2OS. The van der Waals surface area contributed by atoms with Crippen molar-refractivity contribution >= 4 is 28.6 Å². The van der Waals surface area contributed by atoms with Crippen LogP contribution < -0.4 is 5.32 Å². The van der Waals surface area contributed by atoms with E-state index in [1.54, 1.807) is 11.8 Å². The third-order valence-electron chi connectivity index (χ3n) is 4.67. The number of nitrogens with one attached hydrogen (secondary N) is 2. The van der Waals surface area contributed by atoms with E-state index in [1.165, 1.54) is 11.1 Å². The number of amides is 1. The van der Waals surface area contributed by atoms with Gasteiger partial charge in [-0.05, 0) is 37.1 Å². The van der Waals surface area contributed by atoms with Crippen LogP contribution in [-0.4, -0.2) is 17.4 Å². The molecule has 4 rings (SSSR count). The van der Waals surface area contributed by atoms with Crippen LogP contribution in [-0.2, 0) is 6.42 Å². The minimum atomic E-state index is -0.0678. The van der Waals surface area contributed by atoms with Crippen LogP contribution in [0.5, 0.6) is 0 Å². The first-order valence-corrected chi connectivity index (χ1v) is 10.2. The fraction of sp³-hybridized carbons (Fsp3) is 0.125. The van der Waals surface area contributed by atoms with Crippen LogP contribution >= 0.6 is 11.8 Å². The zero-order valence-electron chi connectivity index (χ0n) is 15.7. The normalized spacial score (nSPS) is 10.9. The van der Waals surface area contributed by atoms with Gasteiger partial charge in [0.1, 0.15) is 5.69 Å². The molecule has 1 amide bonds. The van der Waals surface area contributed by atoms with Crippen LogP contribution in [0.1, 0.15) is 21.6 Å². The molecule has 0 aliphatic rings. The highest BCUT2D eigenvalue weighted by molar-refractivity contribution is 7.99. The minimum absolute atomic E-state index is 0.0678. The second-order valence-corrected chi connectivity index (χ2v) is 7.87. The van der Waals surface area contributed by atoms with Crippen LogP contribution in [0, 0.1) is 6.92 Å². The molecule has 3 aromatic carbocycles. The van der Waals surface area contributed by atoms with Crippen molar-refractivity contribution in [1.82, 2.24) is 10.3 Å². The molecule has 2 N–H and O–H groups in total. The van der Waals surface area contributed by atoms with E-state index in [9.17, 15) is 4.79 Å². The van der Waals surface area contributed by atoms with Crippen molar-refractivity contribution in [3.63, 3.8) is 0 Å². The molecule has 140 valence electrons. The molecule has 0 saturated heterocycles. The van der Waals surface area contributed by atoms with E-state index in [1.807, 2.05) is 36.4 Å². The quantitative estimate of drug-likeness (QED) is 0.453. The lowest BCUT2D eigenvalue weighted by Gasteiger charge is -2.07. The summed E-state index contributed by atoms with van der Waals surface area (Å²) in [5, 5.41) is 4.13. The van der Waals surface area contributed by atoms with Crippen molar-refractivity contribution in [2.24, 2.45) is 0 Å². The van der Waals surface area contributed by atoms with Gasteiger partial charge in [0.05, 0.1) is 4.90 Å². The van der Waals surface area contributed by atoms with Crippen molar-refractivity contribution in [3.8, 4) is 0 Å². The molecule has 0 unspecified atom stereocenters. The van der Waals surface area contributed by atoms with Gasteiger partial charge in [0.2, 0.25) is 0 Å². The van der Waals surface area contributed by atoms with Gasteiger partial charge in [-0.25, -0.2) is 0 Å². The van der Waals surface area contributed by atoms with E-state index < -0.39 is 0 Å².